The Morgan fingerprint density at radius 1 is 1.21 bits per heavy atom. The van der Waals surface area contributed by atoms with E-state index in [4.69, 9.17) is 0 Å². The van der Waals surface area contributed by atoms with Crippen LogP contribution in [0.1, 0.15) is 24.3 Å². The van der Waals surface area contributed by atoms with Crippen LogP contribution in [0.5, 0.6) is 0 Å². The van der Waals surface area contributed by atoms with E-state index in [2.05, 4.69) is 11.1 Å². The average Bonchev–Trinajstić information content (AvgIpc) is 3.18. The molecule has 0 aliphatic carbocycles. The monoisotopic (exact) mass is 375 g/mol. The molecule has 1 aliphatic heterocycles. The lowest BCUT2D eigenvalue weighted by Crippen LogP contribution is -2.36. The maximum atomic E-state index is 12.8. The highest BCUT2D eigenvalue weighted by molar-refractivity contribution is 5.63. The van der Waals surface area contributed by atoms with Crippen LogP contribution in [0.25, 0.3) is 5.65 Å². The van der Waals surface area contributed by atoms with Crippen molar-refractivity contribution < 1.29 is 4.92 Å². The smallest absolute Gasteiger partial charge is 0.346 e. The van der Waals surface area contributed by atoms with Gasteiger partial charge in [0.15, 0.2) is 0 Å². The van der Waals surface area contributed by atoms with E-state index in [1.165, 1.54) is 10.6 Å². The highest BCUT2D eigenvalue weighted by Crippen LogP contribution is 2.36. The summed E-state index contributed by atoms with van der Waals surface area (Å²) >= 11 is 0. The van der Waals surface area contributed by atoms with Crippen LogP contribution in [0.2, 0.25) is 0 Å². The van der Waals surface area contributed by atoms with Gasteiger partial charge in [0.05, 0.1) is 23.0 Å². The molecule has 140 valence electrons. The first-order valence-corrected chi connectivity index (χ1v) is 8.99. The third kappa shape index (κ3) is 2.87. The van der Waals surface area contributed by atoms with E-state index in [-0.39, 0.29) is 11.9 Å². The Morgan fingerprint density at radius 3 is 2.68 bits per heavy atom. The molecular formula is C20H17N5O3. The van der Waals surface area contributed by atoms with E-state index in [1.807, 2.05) is 30.3 Å². The van der Waals surface area contributed by atoms with Crippen LogP contribution < -0.4 is 10.5 Å². The van der Waals surface area contributed by atoms with Gasteiger partial charge in [-0.15, -0.1) is 0 Å². The van der Waals surface area contributed by atoms with Crippen LogP contribution in [0, 0.1) is 21.4 Å². The third-order valence-electron chi connectivity index (χ3n) is 5.13. The van der Waals surface area contributed by atoms with Gasteiger partial charge in [0.2, 0.25) is 5.82 Å². The van der Waals surface area contributed by atoms with Gasteiger partial charge in [-0.2, -0.15) is 5.26 Å². The Morgan fingerprint density at radius 2 is 1.96 bits per heavy atom. The van der Waals surface area contributed by atoms with Crippen molar-refractivity contribution in [2.75, 3.05) is 11.4 Å². The highest BCUT2D eigenvalue weighted by Gasteiger charge is 2.38. The summed E-state index contributed by atoms with van der Waals surface area (Å²) in [6.45, 7) is 0.506. The van der Waals surface area contributed by atoms with Gasteiger partial charge < -0.3 is 4.90 Å². The molecule has 2 aromatic heterocycles. The molecule has 0 amide bonds. The normalized spacial score (nSPS) is 17.4. The van der Waals surface area contributed by atoms with Crippen molar-refractivity contribution in [2.24, 2.45) is 0 Å². The molecule has 0 radical (unpaired) electrons. The van der Waals surface area contributed by atoms with Crippen molar-refractivity contribution >= 4 is 17.2 Å². The van der Waals surface area contributed by atoms with Crippen molar-refractivity contribution in [1.82, 2.24) is 9.38 Å². The summed E-state index contributed by atoms with van der Waals surface area (Å²) in [7, 11) is 0. The van der Waals surface area contributed by atoms with Crippen LogP contribution in [-0.4, -0.2) is 26.9 Å². The van der Waals surface area contributed by atoms with Gasteiger partial charge in [-0.25, -0.2) is 4.98 Å². The zero-order valence-corrected chi connectivity index (χ0v) is 14.9. The zero-order chi connectivity index (χ0) is 19.7. The Labute approximate surface area is 160 Å². The second-order valence-electron chi connectivity index (χ2n) is 6.70. The predicted molar refractivity (Wildman–Crippen MR) is 103 cm³/mol. The van der Waals surface area contributed by atoms with Crippen LogP contribution in [0.3, 0.4) is 0 Å². The molecule has 0 N–H and O–H groups in total. The van der Waals surface area contributed by atoms with Gasteiger partial charge in [-0.1, -0.05) is 36.4 Å². The number of aromatic nitrogens is 2. The molecule has 4 rings (SSSR count). The van der Waals surface area contributed by atoms with Crippen LogP contribution >= 0.6 is 0 Å². The van der Waals surface area contributed by atoms with Crippen molar-refractivity contribution in [3.63, 3.8) is 0 Å². The van der Waals surface area contributed by atoms with Crippen molar-refractivity contribution in [3.8, 4) is 6.07 Å². The van der Waals surface area contributed by atoms with Crippen LogP contribution in [0.15, 0.2) is 59.5 Å². The SMILES string of the molecule is N#CC(c1ccccc1)C1CCCN1c1nc2ccccn2c(=O)c1[N+](=O)[O-]. The standard InChI is InChI=1S/C20H17N5O3/c21-13-15(14-7-2-1-3-8-14)16-9-6-12-23(16)19-18(25(27)28)20(26)24-11-5-4-10-17(24)22-19/h1-5,7-8,10-11,15-16H,6,9,12H2. The van der Waals surface area contributed by atoms with E-state index >= 15 is 0 Å². The first-order chi connectivity index (χ1) is 13.6. The summed E-state index contributed by atoms with van der Waals surface area (Å²) in [6, 6.07) is 16.4. The molecule has 3 heterocycles. The first-order valence-electron chi connectivity index (χ1n) is 8.99. The van der Waals surface area contributed by atoms with Gasteiger partial charge >= 0.3 is 11.2 Å². The topological polar surface area (TPSA) is 105 Å². The molecule has 0 bridgehead atoms. The van der Waals surface area contributed by atoms with Crippen molar-refractivity contribution in [2.45, 2.75) is 24.8 Å². The fourth-order valence-corrected chi connectivity index (χ4v) is 3.87. The summed E-state index contributed by atoms with van der Waals surface area (Å²) in [6.07, 6.45) is 2.92. The summed E-state index contributed by atoms with van der Waals surface area (Å²) in [4.78, 5) is 30.0. The number of hydrogen-bond acceptors (Lipinski definition) is 6. The van der Waals surface area contributed by atoms with Crippen molar-refractivity contribution in [1.29, 1.82) is 5.26 Å². The summed E-state index contributed by atoms with van der Waals surface area (Å²) < 4.78 is 1.17. The number of fused-ring (bicyclic) bond motifs is 1. The Balaban J connectivity index is 1.87. The van der Waals surface area contributed by atoms with Gasteiger partial charge in [0.1, 0.15) is 5.65 Å². The Kier molecular flexibility index (Phi) is 4.49. The maximum Gasteiger partial charge on any atom is 0.376 e. The molecule has 28 heavy (non-hydrogen) atoms. The Bertz CT molecular complexity index is 1140. The van der Waals surface area contributed by atoms with Gasteiger partial charge in [-0.3, -0.25) is 19.3 Å². The second kappa shape index (κ2) is 7.12. The predicted octanol–water partition coefficient (Wildman–Crippen LogP) is 2.88. The molecule has 0 saturated carbocycles. The largest absolute Gasteiger partial charge is 0.376 e. The minimum atomic E-state index is -0.718. The highest BCUT2D eigenvalue weighted by atomic mass is 16.6. The minimum Gasteiger partial charge on any atom is -0.346 e. The molecule has 8 nitrogen and oxygen atoms in total. The number of nitriles is 1. The number of nitro groups is 1. The average molecular weight is 375 g/mol. The summed E-state index contributed by atoms with van der Waals surface area (Å²) in [5, 5.41) is 21.5. The molecule has 1 saturated heterocycles. The summed E-state index contributed by atoms with van der Waals surface area (Å²) in [5.41, 5.74) is -0.0844. The third-order valence-corrected chi connectivity index (χ3v) is 5.13. The van der Waals surface area contributed by atoms with E-state index in [1.54, 1.807) is 23.1 Å². The molecule has 1 fully saturated rings. The molecule has 2 unspecified atom stereocenters. The fraction of sp³-hybridized carbons (Fsp3) is 0.250. The zero-order valence-electron chi connectivity index (χ0n) is 14.9. The van der Waals surface area contributed by atoms with E-state index in [0.717, 1.165) is 12.0 Å². The summed E-state index contributed by atoms with van der Waals surface area (Å²) in [5.74, 6) is -0.431. The number of anilines is 1. The van der Waals surface area contributed by atoms with E-state index in [9.17, 15) is 20.2 Å². The van der Waals surface area contributed by atoms with Crippen LogP contribution in [0.4, 0.5) is 11.5 Å². The lowest BCUT2D eigenvalue weighted by atomic mass is 9.91. The molecule has 3 aromatic rings. The molecule has 2 atom stereocenters. The minimum absolute atomic E-state index is 0.0416. The molecule has 1 aliphatic rings. The Hall–Kier alpha value is -3.73. The molecule has 0 spiro atoms. The maximum absolute atomic E-state index is 12.8. The number of nitrogens with zero attached hydrogens (tertiary/aromatic N) is 5. The molecular weight excluding hydrogens is 358 g/mol. The number of benzene rings is 1. The second-order valence-corrected chi connectivity index (χ2v) is 6.70. The fourth-order valence-electron chi connectivity index (χ4n) is 3.87. The van der Waals surface area contributed by atoms with Crippen molar-refractivity contribution in [3.05, 3.63) is 80.8 Å². The lowest BCUT2D eigenvalue weighted by Gasteiger charge is -2.29. The van der Waals surface area contributed by atoms with Gasteiger partial charge in [0, 0.05) is 12.7 Å². The molecule has 8 heteroatoms. The van der Waals surface area contributed by atoms with E-state index in [0.29, 0.717) is 18.6 Å². The lowest BCUT2D eigenvalue weighted by molar-refractivity contribution is -0.385. The number of hydrogen-bond donors (Lipinski definition) is 0. The molecule has 1 aromatic carbocycles. The first kappa shape index (κ1) is 17.7. The quantitative estimate of drug-likeness (QED) is 0.513. The van der Waals surface area contributed by atoms with Crippen LogP contribution in [-0.2, 0) is 0 Å². The van der Waals surface area contributed by atoms with Gasteiger partial charge in [0.25, 0.3) is 0 Å². The number of pyridine rings is 1. The van der Waals surface area contributed by atoms with E-state index < -0.39 is 22.1 Å². The van der Waals surface area contributed by atoms with Gasteiger partial charge in [-0.05, 0) is 30.5 Å². The number of rotatable bonds is 4.